The summed E-state index contributed by atoms with van der Waals surface area (Å²) in [5.41, 5.74) is 0. The van der Waals surface area contributed by atoms with Crippen LogP contribution < -0.4 is 0 Å². The zero-order valence-electron chi connectivity index (χ0n) is 11.3. The van der Waals surface area contributed by atoms with E-state index in [9.17, 15) is 22.8 Å². The van der Waals surface area contributed by atoms with Crippen molar-refractivity contribution in [2.24, 2.45) is 5.92 Å². The summed E-state index contributed by atoms with van der Waals surface area (Å²) in [6.45, 7) is -1.73. The number of carbonyl (C=O) groups is 2. The lowest BCUT2D eigenvalue weighted by Gasteiger charge is -2.24. The van der Waals surface area contributed by atoms with Crippen LogP contribution in [0.1, 0.15) is 38.5 Å². The maximum Gasteiger partial charge on any atom is 0.406 e. The summed E-state index contributed by atoms with van der Waals surface area (Å²) < 4.78 is 36.9. The highest BCUT2D eigenvalue weighted by molar-refractivity contribution is 5.87. The van der Waals surface area contributed by atoms with Gasteiger partial charge in [-0.05, 0) is 18.8 Å². The molecule has 0 bridgehead atoms. The Hall–Kier alpha value is -1.27. The Labute approximate surface area is 115 Å². The van der Waals surface area contributed by atoms with E-state index < -0.39 is 18.6 Å². The molecule has 0 radical (unpaired) electrons. The number of nitrogens with zero attached hydrogens (tertiary/aromatic N) is 2. The summed E-state index contributed by atoms with van der Waals surface area (Å²) in [4.78, 5) is 25.5. The predicted molar refractivity (Wildman–Crippen MR) is 65.5 cm³/mol. The molecule has 0 aromatic heterocycles. The van der Waals surface area contributed by atoms with E-state index in [1.807, 2.05) is 0 Å². The molecule has 1 saturated heterocycles. The molecule has 2 fully saturated rings. The highest BCUT2D eigenvalue weighted by Crippen LogP contribution is 2.27. The zero-order valence-corrected chi connectivity index (χ0v) is 11.3. The van der Waals surface area contributed by atoms with Gasteiger partial charge in [-0.1, -0.05) is 19.3 Å². The van der Waals surface area contributed by atoms with Crippen molar-refractivity contribution in [3.63, 3.8) is 0 Å². The standard InChI is InChI=1S/C13H19F3N2O2/c14-13(15,16)8-18-9-17(7-12(18)20)11(19)6-10-4-2-1-3-5-10/h10H,1-9H2. The van der Waals surface area contributed by atoms with Gasteiger partial charge >= 0.3 is 6.18 Å². The van der Waals surface area contributed by atoms with Crippen LogP contribution in [0.25, 0.3) is 0 Å². The molecule has 20 heavy (non-hydrogen) atoms. The van der Waals surface area contributed by atoms with E-state index in [2.05, 4.69) is 0 Å². The molecule has 2 rings (SSSR count). The topological polar surface area (TPSA) is 40.6 Å². The van der Waals surface area contributed by atoms with Crippen molar-refractivity contribution in [3.8, 4) is 0 Å². The van der Waals surface area contributed by atoms with Gasteiger partial charge in [-0.15, -0.1) is 0 Å². The maximum atomic E-state index is 12.3. The van der Waals surface area contributed by atoms with E-state index in [1.165, 1.54) is 11.3 Å². The molecule has 0 atom stereocenters. The normalized spacial score (nSPS) is 21.6. The maximum absolute atomic E-state index is 12.3. The summed E-state index contributed by atoms with van der Waals surface area (Å²) in [6, 6.07) is 0. The lowest BCUT2D eigenvalue weighted by molar-refractivity contribution is -0.157. The molecule has 1 aliphatic carbocycles. The van der Waals surface area contributed by atoms with Crippen LogP contribution in [0.4, 0.5) is 13.2 Å². The van der Waals surface area contributed by atoms with E-state index in [0.29, 0.717) is 17.2 Å². The monoisotopic (exact) mass is 292 g/mol. The van der Waals surface area contributed by atoms with Crippen LogP contribution in [-0.2, 0) is 9.59 Å². The molecule has 4 nitrogen and oxygen atoms in total. The van der Waals surface area contributed by atoms with Crippen LogP contribution in [0.3, 0.4) is 0 Å². The molecule has 0 N–H and O–H groups in total. The van der Waals surface area contributed by atoms with Crippen molar-refractivity contribution in [2.45, 2.75) is 44.7 Å². The summed E-state index contributed by atoms with van der Waals surface area (Å²) >= 11 is 0. The van der Waals surface area contributed by atoms with E-state index >= 15 is 0 Å². The van der Waals surface area contributed by atoms with Crippen molar-refractivity contribution in [1.29, 1.82) is 0 Å². The van der Waals surface area contributed by atoms with Crippen LogP contribution in [0.2, 0.25) is 0 Å². The number of hydrogen-bond acceptors (Lipinski definition) is 2. The molecule has 0 spiro atoms. The first-order chi connectivity index (χ1) is 9.35. The molecule has 1 saturated carbocycles. The third-order valence-corrected chi connectivity index (χ3v) is 3.93. The van der Waals surface area contributed by atoms with Crippen LogP contribution >= 0.6 is 0 Å². The van der Waals surface area contributed by atoms with Crippen LogP contribution in [-0.4, -0.2) is 47.5 Å². The van der Waals surface area contributed by atoms with Gasteiger partial charge in [0.05, 0.1) is 6.67 Å². The first-order valence-electron chi connectivity index (χ1n) is 6.97. The zero-order chi connectivity index (χ0) is 14.8. The summed E-state index contributed by atoms with van der Waals surface area (Å²) in [7, 11) is 0. The second-order valence-corrected chi connectivity index (χ2v) is 5.65. The molecular weight excluding hydrogens is 273 g/mol. The number of carbonyl (C=O) groups excluding carboxylic acids is 2. The van der Waals surface area contributed by atoms with E-state index in [1.54, 1.807) is 0 Å². The van der Waals surface area contributed by atoms with Crippen molar-refractivity contribution < 1.29 is 22.8 Å². The van der Waals surface area contributed by atoms with Crippen molar-refractivity contribution in [3.05, 3.63) is 0 Å². The number of rotatable bonds is 3. The third-order valence-electron chi connectivity index (χ3n) is 3.93. The van der Waals surface area contributed by atoms with E-state index in [0.717, 1.165) is 25.7 Å². The number of alkyl halides is 3. The highest BCUT2D eigenvalue weighted by atomic mass is 19.4. The van der Waals surface area contributed by atoms with Gasteiger partial charge < -0.3 is 9.80 Å². The van der Waals surface area contributed by atoms with E-state index in [4.69, 9.17) is 0 Å². The van der Waals surface area contributed by atoms with Crippen LogP contribution in [0.5, 0.6) is 0 Å². The molecule has 1 aliphatic heterocycles. The molecule has 0 aromatic rings. The number of halogens is 3. The Morgan fingerprint density at radius 3 is 2.45 bits per heavy atom. The Kier molecular flexibility index (Phi) is 4.55. The van der Waals surface area contributed by atoms with Gasteiger partial charge in [-0.25, -0.2) is 0 Å². The minimum Gasteiger partial charge on any atom is -0.316 e. The SMILES string of the molecule is O=C(CC1CCCCC1)N1CC(=O)N(CC(F)(F)F)C1. The van der Waals surface area contributed by atoms with Crippen LogP contribution in [0.15, 0.2) is 0 Å². The lowest BCUT2D eigenvalue weighted by Crippen LogP contribution is -2.37. The lowest BCUT2D eigenvalue weighted by atomic mass is 9.87. The predicted octanol–water partition coefficient (Wildman–Crippen LogP) is 2.15. The number of hydrogen-bond donors (Lipinski definition) is 0. The second-order valence-electron chi connectivity index (χ2n) is 5.65. The fourth-order valence-corrected chi connectivity index (χ4v) is 2.89. The smallest absolute Gasteiger partial charge is 0.316 e. The molecular formula is C13H19F3N2O2. The molecule has 114 valence electrons. The summed E-state index contributed by atoms with van der Waals surface area (Å²) in [5, 5.41) is 0. The molecule has 0 aromatic carbocycles. The van der Waals surface area contributed by atoms with E-state index in [-0.39, 0.29) is 19.1 Å². The molecule has 7 heteroatoms. The largest absolute Gasteiger partial charge is 0.406 e. The molecule has 1 heterocycles. The number of amides is 2. The molecule has 0 unspecified atom stereocenters. The quantitative estimate of drug-likeness (QED) is 0.799. The average molecular weight is 292 g/mol. The average Bonchev–Trinajstić information content (AvgIpc) is 2.70. The van der Waals surface area contributed by atoms with Gasteiger partial charge in [0.15, 0.2) is 0 Å². The highest BCUT2D eigenvalue weighted by Gasteiger charge is 2.39. The van der Waals surface area contributed by atoms with Gasteiger partial charge in [-0.3, -0.25) is 9.59 Å². The Balaban J connectivity index is 1.84. The summed E-state index contributed by atoms with van der Waals surface area (Å²) in [5.74, 6) is -0.503. The molecule has 2 aliphatic rings. The van der Waals surface area contributed by atoms with Gasteiger partial charge in [-0.2, -0.15) is 13.2 Å². The van der Waals surface area contributed by atoms with Crippen molar-refractivity contribution in [1.82, 2.24) is 9.80 Å². The van der Waals surface area contributed by atoms with Gasteiger partial charge in [0.2, 0.25) is 11.8 Å². The van der Waals surface area contributed by atoms with Crippen LogP contribution in [0, 0.1) is 5.92 Å². The van der Waals surface area contributed by atoms with Gasteiger partial charge in [0.25, 0.3) is 0 Å². The third kappa shape index (κ3) is 4.11. The fourth-order valence-electron chi connectivity index (χ4n) is 2.89. The second kappa shape index (κ2) is 6.01. The first-order valence-corrected chi connectivity index (χ1v) is 6.97. The minimum atomic E-state index is -4.42. The van der Waals surface area contributed by atoms with Gasteiger partial charge in [0.1, 0.15) is 13.1 Å². The van der Waals surface area contributed by atoms with Crippen molar-refractivity contribution in [2.75, 3.05) is 19.8 Å². The molecule has 2 amide bonds. The summed E-state index contributed by atoms with van der Waals surface area (Å²) in [6.07, 6.45) is 1.34. The Morgan fingerprint density at radius 1 is 1.20 bits per heavy atom. The minimum absolute atomic E-state index is 0.199. The fraction of sp³-hybridized carbons (Fsp3) is 0.846. The first kappa shape index (κ1) is 15.1. The Bertz CT molecular complexity index is 378. The van der Waals surface area contributed by atoms with Gasteiger partial charge in [0, 0.05) is 6.42 Å². The van der Waals surface area contributed by atoms with Crippen molar-refractivity contribution >= 4 is 11.8 Å². The Morgan fingerprint density at radius 2 is 1.85 bits per heavy atom.